The summed E-state index contributed by atoms with van der Waals surface area (Å²) in [6.45, 7) is 8.41. The maximum absolute atomic E-state index is 13.6. The molecule has 2 fully saturated rings. The molecule has 7 nitrogen and oxygen atoms in total. The maximum Gasteiger partial charge on any atom is 0.338 e. The molecule has 1 aliphatic heterocycles. The van der Waals surface area contributed by atoms with Gasteiger partial charge in [-0.1, -0.05) is 45.0 Å². The standard InChI is InChI=1S/C28H32N2O5S/c1-18-25(22-10-5-6-11-23(22)29-18)24(31)15-35-26(32)19-8-7-9-21(12-19)36(33,34)30-17-28(4)14-20(30)13-27(2,3)16-28/h5-12,20,29H,13-17H2,1-4H3/t20-,28+/m1/s1. The van der Waals surface area contributed by atoms with Gasteiger partial charge in [-0.15, -0.1) is 0 Å². The van der Waals surface area contributed by atoms with Gasteiger partial charge in [0.05, 0.1) is 10.5 Å². The van der Waals surface area contributed by atoms with Crippen LogP contribution >= 0.6 is 0 Å². The summed E-state index contributed by atoms with van der Waals surface area (Å²) in [5.74, 6) is -1.05. The molecule has 36 heavy (non-hydrogen) atoms. The number of aromatic nitrogens is 1. The van der Waals surface area contributed by atoms with Crippen LogP contribution in [0, 0.1) is 17.8 Å². The van der Waals surface area contributed by atoms with Gasteiger partial charge in [0.25, 0.3) is 0 Å². The summed E-state index contributed by atoms with van der Waals surface area (Å²) >= 11 is 0. The second-order valence-electron chi connectivity index (χ2n) is 11.5. The third-order valence-corrected chi connectivity index (χ3v) is 9.44. The van der Waals surface area contributed by atoms with E-state index in [4.69, 9.17) is 4.74 Å². The molecule has 1 saturated carbocycles. The van der Waals surface area contributed by atoms with E-state index in [1.165, 1.54) is 18.2 Å². The Bertz CT molecular complexity index is 1470. The number of para-hydroxylation sites is 1. The Kier molecular flexibility index (Phi) is 5.87. The van der Waals surface area contributed by atoms with Crippen LogP contribution < -0.4 is 0 Å². The Balaban J connectivity index is 1.32. The van der Waals surface area contributed by atoms with E-state index in [2.05, 4.69) is 25.8 Å². The van der Waals surface area contributed by atoms with Crippen LogP contribution in [0.5, 0.6) is 0 Å². The number of esters is 1. The van der Waals surface area contributed by atoms with Crippen molar-refractivity contribution in [1.29, 1.82) is 0 Å². The minimum Gasteiger partial charge on any atom is -0.454 e. The zero-order valence-electron chi connectivity index (χ0n) is 21.1. The van der Waals surface area contributed by atoms with Crippen molar-refractivity contribution in [3.05, 3.63) is 65.4 Å². The molecule has 2 aliphatic rings. The van der Waals surface area contributed by atoms with E-state index in [0.29, 0.717) is 17.8 Å². The normalized spacial score (nSPS) is 23.6. The highest BCUT2D eigenvalue weighted by Crippen LogP contribution is 2.53. The van der Waals surface area contributed by atoms with Crippen LogP contribution in [-0.4, -0.2) is 48.7 Å². The fourth-order valence-corrected chi connectivity index (χ4v) is 8.35. The quantitative estimate of drug-likeness (QED) is 0.369. The van der Waals surface area contributed by atoms with Gasteiger partial charge in [-0.2, -0.15) is 4.31 Å². The average molecular weight is 509 g/mol. The van der Waals surface area contributed by atoms with Crippen molar-refractivity contribution < 1.29 is 22.7 Å². The molecule has 1 aromatic heterocycles. The number of rotatable bonds is 6. The Morgan fingerprint density at radius 2 is 1.83 bits per heavy atom. The van der Waals surface area contributed by atoms with Crippen LogP contribution in [0.25, 0.3) is 10.9 Å². The smallest absolute Gasteiger partial charge is 0.338 e. The second-order valence-corrected chi connectivity index (χ2v) is 13.4. The van der Waals surface area contributed by atoms with Crippen molar-refractivity contribution in [2.24, 2.45) is 10.8 Å². The number of nitrogens with one attached hydrogen (secondary N) is 1. The van der Waals surface area contributed by atoms with Gasteiger partial charge in [-0.05, 0) is 61.3 Å². The van der Waals surface area contributed by atoms with Crippen LogP contribution in [0.4, 0.5) is 0 Å². The lowest BCUT2D eigenvalue weighted by atomic mass is 9.65. The summed E-state index contributed by atoms with van der Waals surface area (Å²) in [7, 11) is -3.78. The van der Waals surface area contributed by atoms with Crippen molar-refractivity contribution >= 4 is 32.7 Å². The molecular weight excluding hydrogens is 476 g/mol. The molecule has 1 aliphatic carbocycles. The van der Waals surface area contributed by atoms with E-state index in [0.717, 1.165) is 30.2 Å². The van der Waals surface area contributed by atoms with Gasteiger partial charge in [0, 0.05) is 34.7 Å². The topological polar surface area (TPSA) is 96.5 Å². The molecule has 8 heteroatoms. The molecule has 2 aromatic carbocycles. The number of carbonyl (C=O) groups excluding carboxylic acids is 2. The van der Waals surface area contributed by atoms with E-state index in [9.17, 15) is 18.0 Å². The van der Waals surface area contributed by atoms with Crippen LogP contribution in [0.2, 0.25) is 0 Å². The van der Waals surface area contributed by atoms with E-state index < -0.39 is 22.6 Å². The highest BCUT2D eigenvalue weighted by molar-refractivity contribution is 7.89. The van der Waals surface area contributed by atoms with Crippen LogP contribution in [0.15, 0.2) is 53.4 Å². The predicted molar refractivity (Wildman–Crippen MR) is 138 cm³/mol. The van der Waals surface area contributed by atoms with E-state index in [1.54, 1.807) is 17.3 Å². The summed E-state index contributed by atoms with van der Waals surface area (Å²) in [5, 5.41) is 0.775. The van der Waals surface area contributed by atoms with Crippen LogP contribution in [0.1, 0.15) is 66.4 Å². The van der Waals surface area contributed by atoms with Crippen molar-refractivity contribution in [2.75, 3.05) is 13.2 Å². The molecule has 2 atom stereocenters. The van der Waals surface area contributed by atoms with Crippen LogP contribution in [-0.2, 0) is 14.8 Å². The first-order valence-corrected chi connectivity index (χ1v) is 13.7. The number of hydrogen-bond acceptors (Lipinski definition) is 5. The monoisotopic (exact) mass is 508 g/mol. The van der Waals surface area contributed by atoms with Gasteiger partial charge in [0.15, 0.2) is 6.61 Å². The fourth-order valence-electron chi connectivity index (χ4n) is 6.53. The number of carbonyl (C=O) groups is 2. The summed E-state index contributed by atoms with van der Waals surface area (Å²) in [5.41, 5.74) is 2.18. The first kappa shape index (κ1) is 24.7. The number of H-pyrrole nitrogens is 1. The number of hydrogen-bond donors (Lipinski definition) is 1. The number of Topliss-reactive ketones (excluding diaryl/α,β-unsaturated/α-hetero) is 1. The fraction of sp³-hybridized carbons (Fsp3) is 0.429. The number of nitrogens with zero attached hydrogens (tertiary/aromatic N) is 1. The SMILES string of the molecule is Cc1[nH]c2ccccc2c1C(=O)COC(=O)c1cccc(S(=O)(=O)N2C[C@@]3(C)C[C@H]2CC(C)(C)C3)c1. The number of ketones is 1. The van der Waals surface area contributed by atoms with Gasteiger partial charge < -0.3 is 9.72 Å². The van der Waals surface area contributed by atoms with Gasteiger partial charge in [-0.25, -0.2) is 13.2 Å². The second kappa shape index (κ2) is 8.56. The lowest BCUT2D eigenvalue weighted by molar-refractivity contribution is 0.0474. The van der Waals surface area contributed by atoms with Crippen molar-refractivity contribution in [3.8, 4) is 0 Å². The molecular formula is C28H32N2O5S. The summed E-state index contributed by atoms with van der Waals surface area (Å²) in [4.78, 5) is 28.9. The number of fused-ring (bicyclic) bond motifs is 3. The Morgan fingerprint density at radius 3 is 2.61 bits per heavy atom. The highest BCUT2D eigenvalue weighted by atomic mass is 32.2. The Labute approximate surface area is 211 Å². The molecule has 5 rings (SSSR count). The molecule has 0 radical (unpaired) electrons. The third kappa shape index (κ3) is 4.37. The van der Waals surface area contributed by atoms with Gasteiger partial charge >= 0.3 is 5.97 Å². The lowest BCUT2D eigenvalue weighted by Crippen LogP contribution is -2.37. The maximum atomic E-state index is 13.6. The molecule has 1 N–H and O–H groups in total. The minimum atomic E-state index is -3.78. The summed E-state index contributed by atoms with van der Waals surface area (Å²) in [6, 6.07) is 13.3. The molecule has 0 spiro atoms. The van der Waals surface area contributed by atoms with E-state index >= 15 is 0 Å². The van der Waals surface area contributed by atoms with Crippen molar-refractivity contribution in [3.63, 3.8) is 0 Å². The predicted octanol–water partition coefficient (Wildman–Crippen LogP) is 5.11. The largest absolute Gasteiger partial charge is 0.454 e. The zero-order valence-corrected chi connectivity index (χ0v) is 21.9. The van der Waals surface area contributed by atoms with Crippen molar-refractivity contribution in [2.45, 2.75) is 57.9 Å². The zero-order chi connectivity index (χ0) is 25.9. The average Bonchev–Trinajstić information content (AvgIpc) is 3.28. The first-order chi connectivity index (χ1) is 16.9. The molecule has 3 aromatic rings. The van der Waals surface area contributed by atoms with Crippen molar-refractivity contribution in [1.82, 2.24) is 9.29 Å². The number of ether oxygens (including phenoxy) is 1. The number of aryl methyl sites for hydroxylation is 1. The molecule has 2 heterocycles. The number of benzene rings is 2. The minimum absolute atomic E-state index is 0.0447. The number of sulfonamides is 1. The Morgan fingerprint density at radius 1 is 1.08 bits per heavy atom. The summed E-state index contributed by atoms with van der Waals surface area (Å²) in [6.07, 6.45) is 2.66. The third-order valence-electron chi connectivity index (χ3n) is 7.55. The van der Waals surface area contributed by atoms with E-state index in [-0.39, 0.29) is 33.1 Å². The Hall–Kier alpha value is -2.97. The molecule has 0 unspecified atom stereocenters. The van der Waals surface area contributed by atoms with Gasteiger partial charge in [0.1, 0.15) is 0 Å². The molecule has 190 valence electrons. The van der Waals surface area contributed by atoms with Gasteiger partial charge in [0.2, 0.25) is 15.8 Å². The first-order valence-electron chi connectivity index (χ1n) is 12.3. The lowest BCUT2D eigenvalue weighted by Gasteiger charge is -2.39. The number of aromatic amines is 1. The molecule has 0 amide bonds. The highest BCUT2D eigenvalue weighted by Gasteiger charge is 2.53. The summed E-state index contributed by atoms with van der Waals surface area (Å²) < 4.78 is 34.1. The van der Waals surface area contributed by atoms with Crippen LogP contribution in [0.3, 0.4) is 0 Å². The molecule has 1 saturated heterocycles. The van der Waals surface area contributed by atoms with Gasteiger partial charge in [-0.3, -0.25) is 4.79 Å². The van der Waals surface area contributed by atoms with E-state index in [1.807, 2.05) is 24.3 Å². The molecule has 2 bridgehead atoms.